The summed E-state index contributed by atoms with van der Waals surface area (Å²) in [6.45, 7) is 8.35. The van der Waals surface area contributed by atoms with Gasteiger partial charge in [0.25, 0.3) is 0 Å². The summed E-state index contributed by atoms with van der Waals surface area (Å²) in [5, 5.41) is 3.27. The SMILES string of the molecule is CC(=O)N1CCCN(Cc2nc(C)cs2)CC1. The van der Waals surface area contributed by atoms with Gasteiger partial charge < -0.3 is 4.90 Å². The standard InChI is InChI=1S/C12H19N3OS/c1-10-9-17-12(13-10)8-14-4-3-5-15(7-6-14)11(2)16/h9H,3-8H2,1-2H3. The van der Waals surface area contributed by atoms with Crippen LogP contribution in [0.2, 0.25) is 0 Å². The Morgan fingerprint density at radius 2 is 2.24 bits per heavy atom. The van der Waals surface area contributed by atoms with Gasteiger partial charge in [0.05, 0.1) is 6.54 Å². The van der Waals surface area contributed by atoms with Crippen LogP contribution in [-0.4, -0.2) is 46.9 Å². The molecule has 0 bridgehead atoms. The van der Waals surface area contributed by atoms with Gasteiger partial charge in [0, 0.05) is 44.2 Å². The lowest BCUT2D eigenvalue weighted by Gasteiger charge is -2.20. The molecule has 1 aliphatic rings. The number of amides is 1. The molecule has 1 aliphatic heterocycles. The molecule has 1 saturated heterocycles. The lowest BCUT2D eigenvalue weighted by molar-refractivity contribution is -0.128. The van der Waals surface area contributed by atoms with E-state index in [-0.39, 0.29) is 5.91 Å². The Morgan fingerprint density at radius 3 is 2.88 bits per heavy atom. The molecule has 0 saturated carbocycles. The number of aryl methyl sites for hydroxylation is 1. The maximum Gasteiger partial charge on any atom is 0.219 e. The number of nitrogens with zero attached hydrogens (tertiary/aromatic N) is 3. The molecule has 5 heteroatoms. The van der Waals surface area contributed by atoms with Gasteiger partial charge in [-0.25, -0.2) is 4.98 Å². The van der Waals surface area contributed by atoms with E-state index in [0.29, 0.717) is 0 Å². The van der Waals surface area contributed by atoms with Crippen LogP contribution in [0.25, 0.3) is 0 Å². The highest BCUT2D eigenvalue weighted by Gasteiger charge is 2.17. The largest absolute Gasteiger partial charge is 0.342 e. The van der Waals surface area contributed by atoms with Crippen molar-refractivity contribution in [2.24, 2.45) is 0 Å². The van der Waals surface area contributed by atoms with Crippen molar-refractivity contribution in [3.63, 3.8) is 0 Å². The molecule has 1 amide bonds. The average Bonchev–Trinajstić information content (AvgIpc) is 2.54. The van der Waals surface area contributed by atoms with E-state index in [1.807, 2.05) is 11.8 Å². The monoisotopic (exact) mass is 253 g/mol. The van der Waals surface area contributed by atoms with Gasteiger partial charge in [-0.2, -0.15) is 0 Å². The summed E-state index contributed by atoms with van der Waals surface area (Å²) < 4.78 is 0. The highest BCUT2D eigenvalue weighted by Crippen LogP contribution is 2.13. The maximum atomic E-state index is 11.3. The molecule has 0 radical (unpaired) electrons. The smallest absolute Gasteiger partial charge is 0.219 e. The molecule has 0 spiro atoms. The Morgan fingerprint density at radius 1 is 1.41 bits per heavy atom. The summed E-state index contributed by atoms with van der Waals surface area (Å²) >= 11 is 1.72. The third kappa shape index (κ3) is 3.51. The van der Waals surface area contributed by atoms with Crippen molar-refractivity contribution in [2.75, 3.05) is 26.2 Å². The molecule has 2 heterocycles. The van der Waals surface area contributed by atoms with Crippen molar-refractivity contribution >= 4 is 17.2 Å². The molecule has 0 atom stereocenters. The van der Waals surface area contributed by atoms with Crippen LogP contribution in [-0.2, 0) is 11.3 Å². The van der Waals surface area contributed by atoms with Gasteiger partial charge in [-0.3, -0.25) is 9.69 Å². The zero-order valence-electron chi connectivity index (χ0n) is 10.5. The number of hydrogen-bond donors (Lipinski definition) is 0. The first-order chi connectivity index (χ1) is 8.15. The first-order valence-corrected chi connectivity index (χ1v) is 6.92. The number of thiazole rings is 1. The van der Waals surface area contributed by atoms with Gasteiger partial charge in [-0.05, 0) is 13.3 Å². The molecule has 0 unspecified atom stereocenters. The Balaban J connectivity index is 1.88. The molecular weight excluding hydrogens is 234 g/mol. The van der Waals surface area contributed by atoms with Crippen LogP contribution in [0.5, 0.6) is 0 Å². The van der Waals surface area contributed by atoms with Gasteiger partial charge in [0.15, 0.2) is 0 Å². The summed E-state index contributed by atoms with van der Waals surface area (Å²) in [4.78, 5) is 20.1. The molecule has 94 valence electrons. The number of hydrogen-bond acceptors (Lipinski definition) is 4. The first kappa shape index (κ1) is 12.5. The summed E-state index contributed by atoms with van der Waals surface area (Å²) in [6, 6.07) is 0. The zero-order chi connectivity index (χ0) is 12.3. The average molecular weight is 253 g/mol. The van der Waals surface area contributed by atoms with Crippen molar-refractivity contribution < 1.29 is 4.79 Å². The minimum absolute atomic E-state index is 0.192. The fraction of sp³-hybridized carbons (Fsp3) is 0.667. The highest BCUT2D eigenvalue weighted by molar-refractivity contribution is 7.09. The van der Waals surface area contributed by atoms with Crippen LogP contribution >= 0.6 is 11.3 Å². The number of rotatable bonds is 2. The predicted octanol–water partition coefficient (Wildman–Crippen LogP) is 1.51. The Bertz CT molecular complexity index is 391. The molecule has 0 aliphatic carbocycles. The Labute approximate surface area is 106 Å². The van der Waals surface area contributed by atoms with Gasteiger partial charge in [-0.15, -0.1) is 11.3 Å². The van der Waals surface area contributed by atoms with E-state index in [0.717, 1.165) is 44.8 Å². The fourth-order valence-corrected chi connectivity index (χ4v) is 2.92. The molecule has 17 heavy (non-hydrogen) atoms. The number of carbonyl (C=O) groups is 1. The summed E-state index contributed by atoms with van der Waals surface area (Å²) in [6.07, 6.45) is 1.06. The van der Waals surface area contributed by atoms with E-state index in [4.69, 9.17) is 0 Å². The Kier molecular flexibility index (Phi) is 4.12. The van der Waals surface area contributed by atoms with Crippen LogP contribution < -0.4 is 0 Å². The van der Waals surface area contributed by atoms with E-state index in [2.05, 4.69) is 15.3 Å². The molecule has 1 aromatic rings. The van der Waals surface area contributed by atoms with Gasteiger partial charge in [-0.1, -0.05) is 0 Å². The summed E-state index contributed by atoms with van der Waals surface area (Å²) in [5.41, 5.74) is 1.10. The van der Waals surface area contributed by atoms with E-state index in [1.54, 1.807) is 18.3 Å². The molecule has 1 aromatic heterocycles. The molecule has 2 rings (SSSR count). The number of aromatic nitrogens is 1. The third-order valence-electron chi connectivity index (χ3n) is 3.06. The maximum absolute atomic E-state index is 11.3. The Hall–Kier alpha value is -0.940. The van der Waals surface area contributed by atoms with Crippen molar-refractivity contribution in [3.05, 3.63) is 16.1 Å². The summed E-state index contributed by atoms with van der Waals surface area (Å²) in [7, 11) is 0. The highest BCUT2D eigenvalue weighted by atomic mass is 32.1. The van der Waals surface area contributed by atoms with E-state index in [1.165, 1.54) is 5.01 Å². The van der Waals surface area contributed by atoms with Crippen LogP contribution in [0.3, 0.4) is 0 Å². The normalized spacial score (nSPS) is 18.1. The minimum atomic E-state index is 0.192. The quantitative estimate of drug-likeness (QED) is 0.801. The van der Waals surface area contributed by atoms with Crippen molar-refractivity contribution in [2.45, 2.75) is 26.8 Å². The molecular formula is C12H19N3OS. The molecule has 0 aromatic carbocycles. The van der Waals surface area contributed by atoms with Crippen LogP contribution in [0, 0.1) is 6.92 Å². The third-order valence-corrected chi connectivity index (χ3v) is 4.01. The van der Waals surface area contributed by atoms with Crippen LogP contribution in [0.4, 0.5) is 0 Å². The second-order valence-electron chi connectivity index (χ2n) is 4.52. The minimum Gasteiger partial charge on any atom is -0.342 e. The van der Waals surface area contributed by atoms with E-state index < -0.39 is 0 Å². The van der Waals surface area contributed by atoms with Gasteiger partial charge in [0.2, 0.25) is 5.91 Å². The van der Waals surface area contributed by atoms with Crippen molar-refractivity contribution in [1.29, 1.82) is 0 Å². The molecule has 1 fully saturated rings. The van der Waals surface area contributed by atoms with Crippen molar-refractivity contribution in [3.8, 4) is 0 Å². The second kappa shape index (κ2) is 5.60. The predicted molar refractivity (Wildman–Crippen MR) is 69.0 cm³/mol. The zero-order valence-corrected chi connectivity index (χ0v) is 11.3. The molecule has 0 N–H and O–H groups in total. The molecule has 4 nitrogen and oxygen atoms in total. The lowest BCUT2D eigenvalue weighted by atomic mass is 10.4. The van der Waals surface area contributed by atoms with E-state index in [9.17, 15) is 4.79 Å². The van der Waals surface area contributed by atoms with Gasteiger partial charge in [0.1, 0.15) is 5.01 Å². The summed E-state index contributed by atoms with van der Waals surface area (Å²) in [5.74, 6) is 0.192. The van der Waals surface area contributed by atoms with Crippen LogP contribution in [0.1, 0.15) is 24.0 Å². The fourth-order valence-electron chi connectivity index (χ4n) is 2.11. The van der Waals surface area contributed by atoms with E-state index >= 15 is 0 Å². The topological polar surface area (TPSA) is 36.4 Å². The van der Waals surface area contributed by atoms with Crippen LogP contribution in [0.15, 0.2) is 5.38 Å². The second-order valence-corrected chi connectivity index (χ2v) is 5.46. The van der Waals surface area contributed by atoms with Crippen molar-refractivity contribution in [1.82, 2.24) is 14.8 Å². The first-order valence-electron chi connectivity index (χ1n) is 6.04. The lowest BCUT2D eigenvalue weighted by Crippen LogP contribution is -2.33. The van der Waals surface area contributed by atoms with Gasteiger partial charge >= 0.3 is 0 Å². The number of carbonyl (C=O) groups excluding carboxylic acids is 1.